The maximum atomic E-state index is 12.5. The van der Waals surface area contributed by atoms with Crippen LogP contribution in [-0.2, 0) is 17.8 Å². The molecule has 192 valence electrons. The molecule has 1 saturated heterocycles. The van der Waals surface area contributed by atoms with Gasteiger partial charge in [-0.2, -0.15) is 0 Å². The first kappa shape index (κ1) is 25.9. The molecular weight excluding hydrogens is 468 g/mol. The summed E-state index contributed by atoms with van der Waals surface area (Å²) < 4.78 is 2.08. The molecule has 0 spiro atoms. The first-order chi connectivity index (χ1) is 17.9. The molecule has 8 nitrogen and oxygen atoms in total. The fraction of sp³-hybridized carbons (Fsp3) is 0.310. The Morgan fingerprint density at radius 1 is 1.03 bits per heavy atom. The van der Waals surface area contributed by atoms with Crippen LogP contribution in [0.4, 0.5) is 4.79 Å². The Morgan fingerprint density at radius 2 is 1.76 bits per heavy atom. The lowest BCUT2D eigenvalue weighted by molar-refractivity contribution is -0.116. The van der Waals surface area contributed by atoms with Crippen molar-refractivity contribution < 1.29 is 19.5 Å². The van der Waals surface area contributed by atoms with Crippen LogP contribution in [0.25, 0.3) is 17.2 Å². The summed E-state index contributed by atoms with van der Waals surface area (Å²) in [5, 5.41) is 11.9. The zero-order valence-corrected chi connectivity index (χ0v) is 21.2. The molecular formula is C29H32N4O4. The van der Waals surface area contributed by atoms with E-state index in [0.29, 0.717) is 24.4 Å². The number of aromatic carboxylic acids is 1. The highest BCUT2D eigenvalue weighted by atomic mass is 16.4. The van der Waals surface area contributed by atoms with Gasteiger partial charge in [-0.25, -0.2) is 14.6 Å². The number of urea groups is 1. The third-order valence-electron chi connectivity index (χ3n) is 6.50. The number of hydrogen-bond donors (Lipinski definition) is 2. The molecule has 0 atom stereocenters. The number of aromatic nitrogens is 2. The van der Waals surface area contributed by atoms with Crippen LogP contribution >= 0.6 is 0 Å². The van der Waals surface area contributed by atoms with Crippen molar-refractivity contribution in [3.8, 4) is 11.1 Å². The number of nitrogens with zero attached hydrogens (tertiary/aromatic N) is 3. The van der Waals surface area contributed by atoms with E-state index in [9.17, 15) is 19.5 Å². The van der Waals surface area contributed by atoms with Crippen molar-refractivity contribution in [2.75, 3.05) is 6.54 Å². The van der Waals surface area contributed by atoms with Crippen LogP contribution < -0.4 is 5.32 Å². The average Bonchev–Trinajstić information content (AvgIpc) is 3.40. The van der Waals surface area contributed by atoms with Crippen molar-refractivity contribution in [2.24, 2.45) is 0 Å². The number of amides is 3. The van der Waals surface area contributed by atoms with Gasteiger partial charge in [0.15, 0.2) is 0 Å². The van der Waals surface area contributed by atoms with E-state index in [4.69, 9.17) is 0 Å². The minimum atomic E-state index is -0.959. The zero-order chi connectivity index (χ0) is 26.4. The lowest BCUT2D eigenvalue weighted by Gasteiger charge is -2.16. The molecule has 0 aliphatic carbocycles. The predicted octanol–water partition coefficient (Wildman–Crippen LogP) is 5.33. The minimum absolute atomic E-state index is 0.262. The second-order valence-electron chi connectivity index (χ2n) is 9.13. The second kappa shape index (κ2) is 11.7. The monoisotopic (exact) mass is 500 g/mol. The van der Waals surface area contributed by atoms with Crippen LogP contribution in [0, 0.1) is 0 Å². The average molecular weight is 501 g/mol. The van der Waals surface area contributed by atoms with Crippen LogP contribution in [0.5, 0.6) is 0 Å². The Hall–Kier alpha value is -4.20. The van der Waals surface area contributed by atoms with E-state index in [1.807, 2.05) is 37.3 Å². The molecule has 1 aromatic heterocycles. The first-order valence-corrected chi connectivity index (χ1v) is 12.7. The Bertz CT molecular complexity index is 1320. The van der Waals surface area contributed by atoms with E-state index < -0.39 is 11.9 Å². The summed E-state index contributed by atoms with van der Waals surface area (Å²) in [6.45, 7) is 5.18. The van der Waals surface area contributed by atoms with Crippen molar-refractivity contribution in [2.45, 2.75) is 52.5 Å². The summed E-state index contributed by atoms with van der Waals surface area (Å²) >= 11 is 0. The van der Waals surface area contributed by atoms with Crippen LogP contribution in [-0.4, -0.2) is 44.0 Å². The maximum Gasteiger partial charge on any atom is 0.336 e. The molecule has 4 rings (SSSR count). The number of carbonyl (C=O) groups is 3. The Morgan fingerprint density at radius 3 is 2.46 bits per heavy atom. The number of carboxylic acids is 1. The van der Waals surface area contributed by atoms with E-state index >= 15 is 0 Å². The molecule has 0 radical (unpaired) electrons. The molecule has 1 aliphatic heterocycles. The van der Waals surface area contributed by atoms with Gasteiger partial charge in [-0.05, 0) is 41.7 Å². The number of hydrogen-bond acceptors (Lipinski definition) is 4. The van der Waals surface area contributed by atoms with Gasteiger partial charge in [0, 0.05) is 19.5 Å². The molecule has 8 heteroatoms. The molecule has 1 fully saturated rings. The summed E-state index contributed by atoms with van der Waals surface area (Å²) in [6, 6.07) is 14.4. The van der Waals surface area contributed by atoms with E-state index in [1.54, 1.807) is 30.5 Å². The molecule has 2 heterocycles. The predicted molar refractivity (Wildman–Crippen MR) is 142 cm³/mol. The van der Waals surface area contributed by atoms with Crippen LogP contribution in [0.3, 0.4) is 0 Å². The molecule has 0 bridgehead atoms. The fourth-order valence-electron chi connectivity index (χ4n) is 4.44. The second-order valence-corrected chi connectivity index (χ2v) is 9.13. The summed E-state index contributed by atoms with van der Waals surface area (Å²) in [4.78, 5) is 42.6. The Labute approximate surface area is 216 Å². The Balaban J connectivity index is 1.65. The van der Waals surface area contributed by atoms with Gasteiger partial charge in [-0.15, -0.1) is 0 Å². The van der Waals surface area contributed by atoms with Crippen molar-refractivity contribution in [3.05, 3.63) is 83.1 Å². The number of benzene rings is 2. The number of imidazole rings is 1. The highest BCUT2D eigenvalue weighted by Crippen LogP contribution is 2.25. The minimum Gasteiger partial charge on any atom is -0.478 e. The molecule has 0 unspecified atom stereocenters. The van der Waals surface area contributed by atoms with Gasteiger partial charge in [-0.3, -0.25) is 15.0 Å². The quantitative estimate of drug-likeness (QED) is 0.273. The standard InChI is InChI=1S/C29H32N4O4/c1-3-5-11-26-30-18-22(17-25-27(34)31-29(37)32(25)16-6-4-2)33(26)19-20-12-14-21(15-13-20)23-9-7-8-10-24(23)28(35)36/h7-10,12-15,17-18H,3-6,11,16,19H2,1-2H3,(H,35,36)(H,31,34,37)/b25-17-. The topological polar surface area (TPSA) is 105 Å². The fourth-order valence-corrected chi connectivity index (χ4v) is 4.44. The number of aryl methyl sites for hydroxylation is 1. The van der Waals surface area contributed by atoms with Gasteiger partial charge in [0.2, 0.25) is 0 Å². The van der Waals surface area contributed by atoms with E-state index in [1.165, 1.54) is 4.90 Å². The number of imide groups is 1. The Kier molecular flexibility index (Phi) is 8.18. The molecule has 2 aromatic carbocycles. The third-order valence-corrected chi connectivity index (χ3v) is 6.50. The maximum absolute atomic E-state index is 12.5. The van der Waals surface area contributed by atoms with Crippen LogP contribution in [0.1, 0.15) is 67.0 Å². The normalized spacial score (nSPS) is 14.4. The van der Waals surface area contributed by atoms with Gasteiger partial charge < -0.3 is 9.67 Å². The number of unbranched alkanes of at least 4 members (excludes halogenated alkanes) is 2. The summed E-state index contributed by atoms with van der Waals surface area (Å²) in [7, 11) is 0. The van der Waals surface area contributed by atoms with Gasteiger partial charge in [-0.1, -0.05) is 69.2 Å². The van der Waals surface area contributed by atoms with Crippen molar-refractivity contribution >= 4 is 24.0 Å². The van der Waals surface area contributed by atoms with Gasteiger partial charge in [0.25, 0.3) is 5.91 Å². The molecule has 0 saturated carbocycles. The highest BCUT2D eigenvalue weighted by Gasteiger charge is 2.32. The van der Waals surface area contributed by atoms with Crippen LogP contribution in [0.15, 0.2) is 60.4 Å². The van der Waals surface area contributed by atoms with Crippen LogP contribution in [0.2, 0.25) is 0 Å². The molecule has 1 aliphatic rings. The van der Waals surface area contributed by atoms with Crippen molar-refractivity contribution in [1.29, 1.82) is 0 Å². The lowest BCUT2D eigenvalue weighted by atomic mass is 9.99. The van der Waals surface area contributed by atoms with E-state index in [0.717, 1.165) is 54.7 Å². The number of rotatable bonds is 11. The summed E-state index contributed by atoms with van der Waals surface area (Å²) in [5.74, 6) is -0.442. The molecule has 2 N–H and O–H groups in total. The number of nitrogens with one attached hydrogen (secondary N) is 1. The smallest absolute Gasteiger partial charge is 0.336 e. The summed E-state index contributed by atoms with van der Waals surface area (Å²) in [6.07, 6.45) is 8.03. The molecule has 3 amide bonds. The summed E-state index contributed by atoms with van der Waals surface area (Å²) in [5.41, 5.74) is 3.87. The van der Waals surface area contributed by atoms with Gasteiger partial charge in [0.1, 0.15) is 11.5 Å². The van der Waals surface area contributed by atoms with E-state index in [-0.39, 0.29) is 11.6 Å². The van der Waals surface area contributed by atoms with Crippen molar-refractivity contribution in [3.63, 3.8) is 0 Å². The molecule has 37 heavy (non-hydrogen) atoms. The SMILES string of the molecule is CCCCc1ncc(/C=C2/C(=O)NC(=O)N2CCCC)n1Cc1ccc(-c2ccccc2C(=O)O)cc1. The third kappa shape index (κ3) is 5.80. The zero-order valence-electron chi connectivity index (χ0n) is 21.2. The lowest BCUT2D eigenvalue weighted by Crippen LogP contribution is -2.28. The van der Waals surface area contributed by atoms with Crippen molar-refractivity contribution in [1.82, 2.24) is 19.8 Å². The number of carboxylic acid groups (broad SMARTS) is 1. The van der Waals surface area contributed by atoms with Gasteiger partial charge in [0.05, 0.1) is 17.5 Å². The largest absolute Gasteiger partial charge is 0.478 e. The highest BCUT2D eigenvalue weighted by molar-refractivity contribution is 6.13. The molecule has 3 aromatic rings. The van der Waals surface area contributed by atoms with Gasteiger partial charge >= 0.3 is 12.0 Å². The number of carbonyl (C=O) groups excluding carboxylic acids is 2. The first-order valence-electron chi connectivity index (χ1n) is 12.7. The van der Waals surface area contributed by atoms with E-state index in [2.05, 4.69) is 21.8 Å².